The standard InChI is InChI=1S/C22H23FN4OS/c1-15-6-8-16(9-7-15)14-20-25-22(29-26-20)27-12-10-17(11-13-27)21(28)24-19-5-3-2-4-18(19)23/h2-9,17H,10-14H2,1H3,(H,24,28). The zero-order valence-corrected chi connectivity index (χ0v) is 17.1. The van der Waals surface area contributed by atoms with Gasteiger partial charge >= 0.3 is 0 Å². The molecule has 1 fully saturated rings. The second-order valence-corrected chi connectivity index (χ2v) is 8.12. The number of halogens is 1. The summed E-state index contributed by atoms with van der Waals surface area (Å²) in [6.45, 7) is 3.56. The van der Waals surface area contributed by atoms with E-state index in [-0.39, 0.29) is 17.5 Å². The number of aryl methyl sites for hydroxylation is 1. The summed E-state index contributed by atoms with van der Waals surface area (Å²) in [5.74, 6) is 0.180. The highest BCUT2D eigenvalue weighted by Gasteiger charge is 2.27. The maximum Gasteiger partial charge on any atom is 0.227 e. The molecule has 0 aliphatic carbocycles. The van der Waals surface area contributed by atoms with Gasteiger partial charge in [0.2, 0.25) is 11.0 Å². The van der Waals surface area contributed by atoms with Crippen molar-refractivity contribution in [3.05, 3.63) is 71.3 Å². The molecule has 0 saturated carbocycles. The molecule has 150 valence electrons. The summed E-state index contributed by atoms with van der Waals surface area (Å²) >= 11 is 1.41. The van der Waals surface area contributed by atoms with E-state index in [1.807, 2.05) is 0 Å². The first-order valence-corrected chi connectivity index (χ1v) is 10.5. The van der Waals surface area contributed by atoms with Crippen molar-refractivity contribution in [2.45, 2.75) is 26.2 Å². The number of rotatable bonds is 5. The van der Waals surface area contributed by atoms with Gasteiger partial charge in [-0.25, -0.2) is 9.37 Å². The van der Waals surface area contributed by atoms with Gasteiger partial charge in [-0.05, 0) is 37.5 Å². The van der Waals surface area contributed by atoms with Crippen molar-refractivity contribution in [3.8, 4) is 0 Å². The fourth-order valence-electron chi connectivity index (χ4n) is 3.46. The van der Waals surface area contributed by atoms with E-state index in [2.05, 4.69) is 50.8 Å². The lowest BCUT2D eigenvalue weighted by Crippen LogP contribution is -2.38. The molecule has 0 bridgehead atoms. The molecule has 1 aliphatic rings. The number of carbonyl (C=O) groups is 1. The Morgan fingerprint density at radius 1 is 1.17 bits per heavy atom. The molecule has 0 spiro atoms. The van der Waals surface area contributed by atoms with Gasteiger partial charge in [-0.2, -0.15) is 4.37 Å². The summed E-state index contributed by atoms with van der Waals surface area (Å²) in [5, 5.41) is 3.61. The SMILES string of the molecule is Cc1ccc(Cc2nsc(N3CCC(C(=O)Nc4ccccc4F)CC3)n2)cc1. The molecule has 2 heterocycles. The molecule has 29 heavy (non-hydrogen) atoms. The van der Waals surface area contributed by atoms with Crippen molar-refractivity contribution in [3.63, 3.8) is 0 Å². The van der Waals surface area contributed by atoms with Crippen molar-refractivity contribution >= 4 is 28.3 Å². The average Bonchev–Trinajstić information content (AvgIpc) is 3.20. The van der Waals surface area contributed by atoms with Crippen LogP contribution in [0.1, 0.15) is 29.8 Å². The van der Waals surface area contributed by atoms with E-state index in [0.717, 1.165) is 30.5 Å². The van der Waals surface area contributed by atoms with Crippen molar-refractivity contribution in [1.29, 1.82) is 0 Å². The van der Waals surface area contributed by atoms with Gasteiger partial charge in [-0.15, -0.1) is 0 Å². The van der Waals surface area contributed by atoms with E-state index >= 15 is 0 Å². The van der Waals surface area contributed by atoms with Crippen LogP contribution in [0.5, 0.6) is 0 Å². The molecule has 5 nitrogen and oxygen atoms in total. The molecule has 0 atom stereocenters. The Balaban J connectivity index is 1.31. The first-order chi connectivity index (χ1) is 14.1. The fourth-order valence-corrected chi connectivity index (χ4v) is 4.20. The Hall–Kier alpha value is -2.80. The maximum atomic E-state index is 13.7. The van der Waals surface area contributed by atoms with Gasteiger partial charge in [0.15, 0.2) is 0 Å². The zero-order valence-electron chi connectivity index (χ0n) is 16.3. The third-order valence-corrected chi connectivity index (χ3v) is 6.02. The lowest BCUT2D eigenvalue weighted by Gasteiger charge is -2.30. The molecule has 1 saturated heterocycles. The number of benzene rings is 2. The van der Waals surface area contributed by atoms with Crippen LogP contribution in [0.3, 0.4) is 0 Å². The molecule has 0 unspecified atom stereocenters. The zero-order chi connectivity index (χ0) is 20.2. The fraction of sp³-hybridized carbons (Fsp3) is 0.318. The van der Waals surface area contributed by atoms with Gasteiger partial charge in [0.1, 0.15) is 11.6 Å². The molecular formula is C22H23FN4OS. The molecular weight excluding hydrogens is 387 g/mol. The lowest BCUT2D eigenvalue weighted by molar-refractivity contribution is -0.120. The van der Waals surface area contributed by atoms with E-state index in [0.29, 0.717) is 12.8 Å². The summed E-state index contributed by atoms with van der Waals surface area (Å²) in [5.41, 5.74) is 2.68. The number of hydrogen-bond donors (Lipinski definition) is 1. The van der Waals surface area contributed by atoms with Gasteiger partial charge in [-0.3, -0.25) is 4.79 Å². The van der Waals surface area contributed by atoms with E-state index in [4.69, 9.17) is 0 Å². The van der Waals surface area contributed by atoms with Crippen LogP contribution in [0.25, 0.3) is 0 Å². The van der Waals surface area contributed by atoms with Crippen LogP contribution in [0.4, 0.5) is 15.2 Å². The molecule has 1 N–H and O–H groups in total. The Morgan fingerprint density at radius 2 is 1.90 bits per heavy atom. The van der Waals surface area contributed by atoms with Crippen LogP contribution < -0.4 is 10.2 Å². The van der Waals surface area contributed by atoms with Crippen LogP contribution >= 0.6 is 11.5 Å². The molecule has 4 rings (SSSR count). The summed E-state index contributed by atoms with van der Waals surface area (Å²) in [4.78, 5) is 19.3. The minimum Gasteiger partial charge on any atom is -0.347 e. The number of hydrogen-bond acceptors (Lipinski definition) is 5. The normalized spacial score (nSPS) is 14.8. The van der Waals surface area contributed by atoms with Gasteiger partial charge in [0.05, 0.1) is 5.69 Å². The Bertz CT molecular complexity index is 980. The Morgan fingerprint density at radius 3 is 2.62 bits per heavy atom. The quantitative estimate of drug-likeness (QED) is 0.676. The molecule has 2 aromatic carbocycles. The smallest absolute Gasteiger partial charge is 0.227 e. The van der Waals surface area contributed by atoms with Crippen LogP contribution in [-0.4, -0.2) is 28.4 Å². The molecule has 1 aliphatic heterocycles. The Labute approximate surface area is 173 Å². The van der Waals surface area contributed by atoms with Gasteiger partial charge in [-0.1, -0.05) is 42.0 Å². The summed E-state index contributed by atoms with van der Waals surface area (Å²) in [6, 6.07) is 14.7. The third kappa shape index (κ3) is 4.79. The van der Waals surface area contributed by atoms with Gasteiger partial charge in [0.25, 0.3) is 0 Å². The lowest BCUT2D eigenvalue weighted by atomic mass is 9.96. The number of para-hydroxylation sites is 1. The van der Waals surface area contributed by atoms with Crippen molar-refractivity contribution in [1.82, 2.24) is 9.36 Å². The molecule has 3 aromatic rings. The van der Waals surface area contributed by atoms with Crippen LogP contribution in [0.15, 0.2) is 48.5 Å². The number of carbonyl (C=O) groups excluding carboxylic acids is 1. The summed E-state index contributed by atoms with van der Waals surface area (Å²) in [7, 11) is 0. The van der Waals surface area contributed by atoms with Gasteiger partial charge in [0, 0.05) is 37.0 Å². The molecule has 1 aromatic heterocycles. The second kappa shape index (κ2) is 8.69. The highest BCUT2D eigenvalue weighted by molar-refractivity contribution is 7.09. The molecule has 1 amide bonds. The van der Waals surface area contributed by atoms with Gasteiger partial charge < -0.3 is 10.2 Å². The number of amides is 1. The van der Waals surface area contributed by atoms with E-state index in [1.54, 1.807) is 18.2 Å². The predicted molar refractivity (Wildman–Crippen MR) is 114 cm³/mol. The topological polar surface area (TPSA) is 58.1 Å². The predicted octanol–water partition coefficient (Wildman–Crippen LogP) is 4.43. The third-order valence-electron chi connectivity index (χ3n) is 5.21. The first-order valence-electron chi connectivity index (χ1n) is 9.77. The Kier molecular flexibility index (Phi) is 5.85. The van der Waals surface area contributed by atoms with E-state index < -0.39 is 5.82 Å². The monoisotopic (exact) mass is 410 g/mol. The van der Waals surface area contributed by atoms with Crippen LogP contribution in [0.2, 0.25) is 0 Å². The van der Waals surface area contributed by atoms with Crippen LogP contribution in [0, 0.1) is 18.7 Å². The number of nitrogens with zero attached hydrogens (tertiary/aromatic N) is 3. The highest BCUT2D eigenvalue weighted by atomic mass is 32.1. The van der Waals surface area contributed by atoms with E-state index in [9.17, 15) is 9.18 Å². The largest absolute Gasteiger partial charge is 0.347 e. The number of piperidine rings is 1. The van der Waals surface area contributed by atoms with Crippen molar-refractivity contribution < 1.29 is 9.18 Å². The van der Waals surface area contributed by atoms with E-state index in [1.165, 1.54) is 28.7 Å². The van der Waals surface area contributed by atoms with Crippen molar-refractivity contribution in [2.75, 3.05) is 23.3 Å². The highest BCUT2D eigenvalue weighted by Crippen LogP contribution is 2.26. The minimum absolute atomic E-state index is 0.118. The minimum atomic E-state index is -0.409. The molecule has 7 heteroatoms. The summed E-state index contributed by atoms with van der Waals surface area (Å²) in [6.07, 6.45) is 2.15. The first kappa shape index (κ1) is 19.5. The van der Waals surface area contributed by atoms with Crippen LogP contribution in [-0.2, 0) is 11.2 Å². The second-order valence-electron chi connectivity index (χ2n) is 7.39. The number of nitrogens with one attached hydrogen (secondary N) is 1. The maximum absolute atomic E-state index is 13.7. The summed E-state index contributed by atoms with van der Waals surface area (Å²) < 4.78 is 18.2. The number of aromatic nitrogens is 2. The van der Waals surface area contributed by atoms with Crippen molar-refractivity contribution in [2.24, 2.45) is 5.92 Å². The number of anilines is 2. The molecule has 0 radical (unpaired) electrons. The average molecular weight is 411 g/mol.